The molecule has 1 heterocycles. The zero-order valence-corrected chi connectivity index (χ0v) is 9.45. The Hall–Kier alpha value is -1.51. The van der Waals surface area contributed by atoms with Crippen LogP contribution >= 0.6 is 0 Å². The predicted octanol–water partition coefficient (Wildman–Crippen LogP) is 2.98. The molecule has 3 heteroatoms. The molecular formula is C12H16N2O. The van der Waals surface area contributed by atoms with Crippen LogP contribution in [0.4, 0.5) is 6.01 Å². The van der Waals surface area contributed by atoms with Crippen LogP contribution < -0.4 is 4.90 Å². The maximum absolute atomic E-state index is 5.76. The van der Waals surface area contributed by atoms with E-state index >= 15 is 0 Å². The lowest BCUT2D eigenvalue weighted by Gasteiger charge is -2.14. The van der Waals surface area contributed by atoms with Crippen LogP contribution in [-0.2, 0) is 0 Å². The van der Waals surface area contributed by atoms with Crippen molar-refractivity contribution in [3.05, 3.63) is 23.8 Å². The fourth-order valence-corrected chi connectivity index (χ4v) is 1.70. The average Bonchev–Trinajstić information content (AvgIpc) is 2.65. The highest BCUT2D eigenvalue weighted by Gasteiger charge is 2.11. The Morgan fingerprint density at radius 3 is 2.60 bits per heavy atom. The number of anilines is 1. The van der Waals surface area contributed by atoms with Crippen LogP contribution in [0.5, 0.6) is 0 Å². The lowest BCUT2D eigenvalue weighted by Crippen LogP contribution is -2.21. The third kappa shape index (κ3) is 1.69. The zero-order valence-electron chi connectivity index (χ0n) is 9.45. The van der Waals surface area contributed by atoms with Gasteiger partial charge in [0.2, 0.25) is 0 Å². The lowest BCUT2D eigenvalue weighted by atomic mass is 10.2. The monoisotopic (exact) mass is 204 g/mol. The number of nitrogens with zero attached hydrogens (tertiary/aromatic N) is 2. The molecule has 0 fully saturated rings. The number of oxazole rings is 1. The highest BCUT2D eigenvalue weighted by atomic mass is 16.4. The van der Waals surface area contributed by atoms with E-state index in [-0.39, 0.29) is 0 Å². The Balaban J connectivity index is 2.51. The molecule has 0 aliphatic rings. The fraction of sp³-hybridized carbons (Fsp3) is 0.417. The van der Waals surface area contributed by atoms with Crippen LogP contribution in [0.25, 0.3) is 11.1 Å². The minimum absolute atomic E-state index is 0.726. The zero-order chi connectivity index (χ0) is 10.8. The number of aryl methyl sites for hydroxylation is 1. The van der Waals surface area contributed by atoms with Gasteiger partial charge in [0.1, 0.15) is 5.52 Å². The third-order valence-electron chi connectivity index (χ3n) is 2.63. The van der Waals surface area contributed by atoms with Crippen LogP contribution in [-0.4, -0.2) is 18.1 Å². The van der Waals surface area contributed by atoms with Crippen molar-refractivity contribution in [2.75, 3.05) is 18.0 Å². The third-order valence-corrected chi connectivity index (χ3v) is 2.63. The molecule has 0 radical (unpaired) electrons. The molecule has 0 amide bonds. The van der Waals surface area contributed by atoms with Gasteiger partial charge in [0.25, 0.3) is 6.01 Å². The van der Waals surface area contributed by atoms with Crippen LogP contribution in [0.2, 0.25) is 0 Å². The van der Waals surface area contributed by atoms with Gasteiger partial charge >= 0.3 is 0 Å². The van der Waals surface area contributed by atoms with E-state index in [9.17, 15) is 0 Å². The number of fused-ring (bicyclic) bond motifs is 1. The predicted molar refractivity (Wildman–Crippen MR) is 62.3 cm³/mol. The van der Waals surface area contributed by atoms with Gasteiger partial charge in [-0.15, -0.1) is 0 Å². The van der Waals surface area contributed by atoms with Crippen molar-refractivity contribution in [1.29, 1.82) is 0 Å². The first-order chi connectivity index (χ1) is 7.26. The van der Waals surface area contributed by atoms with Crippen LogP contribution in [0.15, 0.2) is 22.6 Å². The van der Waals surface area contributed by atoms with Gasteiger partial charge in [0, 0.05) is 13.1 Å². The number of hydrogen-bond acceptors (Lipinski definition) is 3. The summed E-state index contributed by atoms with van der Waals surface area (Å²) in [5.74, 6) is 0. The molecule has 0 atom stereocenters. The second kappa shape index (κ2) is 3.93. The van der Waals surface area contributed by atoms with E-state index in [1.807, 2.05) is 25.1 Å². The van der Waals surface area contributed by atoms with Crippen LogP contribution in [0.1, 0.15) is 19.4 Å². The molecule has 0 spiro atoms. The Bertz CT molecular complexity index is 458. The summed E-state index contributed by atoms with van der Waals surface area (Å²) in [5.41, 5.74) is 2.98. The Kier molecular flexibility index (Phi) is 2.62. The van der Waals surface area contributed by atoms with Gasteiger partial charge in [0.05, 0.1) is 0 Å². The van der Waals surface area contributed by atoms with E-state index in [0.29, 0.717) is 0 Å². The van der Waals surface area contributed by atoms with Crippen molar-refractivity contribution in [2.45, 2.75) is 20.8 Å². The normalized spacial score (nSPS) is 10.9. The molecule has 2 aromatic rings. The molecular weight excluding hydrogens is 188 g/mol. The first-order valence-corrected chi connectivity index (χ1v) is 5.37. The molecule has 80 valence electrons. The Morgan fingerprint density at radius 2 is 2.00 bits per heavy atom. The van der Waals surface area contributed by atoms with Crippen molar-refractivity contribution in [3.8, 4) is 0 Å². The van der Waals surface area contributed by atoms with Gasteiger partial charge in [-0.1, -0.05) is 12.1 Å². The van der Waals surface area contributed by atoms with Gasteiger partial charge < -0.3 is 9.32 Å². The largest absolute Gasteiger partial charge is 0.423 e. The molecule has 3 nitrogen and oxygen atoms in total. The minimum Gasteiger partial charge on any atom is -0.423 e. The molecule has 1 aromatic carbocycles. The Labute approximate surface area is 89.7 Å². The Morgan fingerprint density at radius 1 is 1.27 bits per heavy atom. The SMILES string of the molecule is CCN(CC)c1nc2cccc(C)c2o1. The van der Waals surface area contributed by atoms with E-state index < -0.39 is 0 Å². The number of benzene rings is 1. The minimum atomic E-state index is 0.726. The first kappa shape index (κ1) is 10.0. The number of para-hydroxylation sites is 1. The molecule has 0 bridgehead atoms. The maximum Gasteiger partial charge on any atom is 0.298 e. The molecule has 2 rings (SSSR count). The summed E-state index contributed by atoms with van der Waals surface area (Å²) in [5, 5.41) is 0. The average molecular weight is 204 g/mol. The van der Waals surface area contributed by atoms with Gasteiger partial charge in [-0.3, -0.25) is 0 Å². The summed E-state index contributed by atoms with van der Waals surface area (Å²) < 4.78 is 5.76. The molecule has 0 aliphatic carbocycles. The standard InChI is InChI=1S/C12H16N2O/c1-4-14(5-2)12-13-10-8-6-7-9(3)11(10)15-12/h6-8H,4-5H2,1-3H3. The summed E-state index contributed by atoms with van der Waals surface area (Å²) in [6.45, 7) is 8.08. The molecule has 0 N–H and O–H groups in total. The van der Waals surface area contributed by atoms with Crippen molar-refractivity contribution >= 4 is 17.1 Å². The van der Waals surface area contributed by atoms with E-state index in [2.05, 4.69) is 23.7 Å². The summed E-state index contributed by atoms with van der Waals surface area (Å²) in [6.07, 6.45) is 0. The van der Waals surface area contributed by atoms with Crippen molar-refractivity contribution in [2.24, 2.45) is 0 Å². The number of hydrogen-bond donors (Lipinski definition) is 0. The summed E-state index contributed by atoms with van der Waals surface area (Å²) >= 11 is 0. The quantitative estimate of drug-likeness (QED) is 0.769. The second-order valence-corrected chi connectivity index (χ2v) is 3.59. The summed E-state index contributed by atoms with van der Waals surface area (Å²) in [7, 11) is 0. The van der Waals surface area contributed by atoms with Crippen molar-refractivity contribution < 1.29 is 4.42 Å². The highest BCUT2D eigenvalue weighted by Crippen LogP contribution is 2.24. The van der Waals surface area contributed by atoms with Gasteiger partial charge in [-0.05, 0) is 32.4 Å². The van der Waals surface area contributed by atoms with Crippen LogP contribution in [0.3, 0.4) is 0 Å². The molecule has 1 aromatic heterocycles. The lowest BCUT2D eigenvalue weighted by molar-refractivity contribution is 0.574. The summed E-state index contributed by atoms with van der Waals surface area (Å²) in [6, 6.07) is 6.76. The van der Waals surface area contributed by atoms with E-state index in [1.54, 1.807) is 0 Å². The first-order valence-electron chi connectivity index (χ1n) is 5.37. The van der Waals surface area contributed by atoms with Gasteiger partial charge in [0.15, 0.2) is 5.58 Å². The van der Waals surface area contributed by atoms with Gasteiger partial charge in [-0.2, -0.15) is 4.98 Å². The fourth-order valence-electron chi connectivity index (χ4n) is 1.70. The van der Waals surface area contributed by atoms with E-state index in [0.717, 1.165) is 35.8 Å². The molecule has 15 heavy (non-hydrogen) atoms. The molecule has 0 saturated heterocycles. The van der Waals surface area contributed by atoms with E-state index in [1.165, 1.54) is 0 Å². The van der Waals surface area contributed by atoms with Crippen LogP contribution in [0, 0.1) is 6.92 Å². The smallest absolute Gasteiger partial charge is 0.298 e. The van der Waals surface area contributed by atoms with Crippen molar-refractivity contribution in [1.82, 2.24) is 4.98 Å². The summed E-state index contributed by atoms with van der Waals surface area (Å²) in [4.78, 5) is 6.59. The number of rotatable bonds is 3. The number of aromatic nitrogens is 1. The molecule has 0 saturated carbocycles. The van der Waals surface area contributed by atoms with Gasteiger partial charge in [-0.25, -0.2) is 0 Å². The topological polar surface area (TPSA) is 29.3 Å². The van der Waals surface area contributed by atoms with Crippen molar-refractivity contribution in [3.63, 3.8) is 0 Å². The highest BCUT2D eigenvalue weighted by molar-refractivity contribution is 5.77. The maximum atomic E-state index is 5.76. The molecule has 0 unspecified atom stereocenters. The molecule has 0 aliphatic heterocycles. The van der Waals surface area contributed by atoms with E-state index in [4.69, 9.17) is 4.42 Å². The second-order valence-electron chi connectivity index (χ2n) is 3.59.